The molecule has 3 aliphatic rings. The first-order valence-corrected chi connectivity index (χ1v) is 18.3. The zero-order chi connectivity index (χ0) is 22.2. The smallest absolute Gasteiger partial charge is 0.336 e. The average Bonchev–Trinajstić information content (AvgIpc) is 2.86. The fourth-order valence-corrected chi connectivity index (χ4v) is 21.6. The topological polar surface area (TPSA) is 37.3 Å². The number of hydrogen-bond acceptors (Lipinski definition) is 1. The van der Waals surface area contributed by atoms with Crippen LogP contribution in [0.5, 0.6) is 0 Å². The maximum Gasteiger partial charge on any atom is 0.336 e. The number of carboxylic acid groups (broad SMARTS) is 1. The predicted octanol–water partition coefficient (Wildman–Crippen LogP) is 9.02. The molecule has 0 bridgehead atoms. The summed E-state index contributed by atoms with van der Waals surface area (Å²) >= 11 is -1.15. The van der Waals surface area contributed by atoms with E-state index in [1.807, 2.05) is 30.3 Å². The molecule has 0 aromatic heterocycles. The Labute approximate surface area is 201 Å². The van der Waals surface area contributed by atoms with Gasteiger partial charge in [-0.05, 0) is 16.8 Å². The molecule has 1 N–H and O–H groups in total. The SMILES string of the molecule is C1CC[CH]([Sn]([CH]2CCCCC2)[CH]2CCCCC2)CC1.O=C(O)c1cccc2ccccc12. The molecule has 3 aliphatic carbocycles. The number of rotatable bonds is 4. The van der Waals surface area contributed by atoms with Crippen LogP contribution in [0.2, 0.25) is 11.8 Å². The van der Waals surface area contributed by atoms with Crippen molar-refractivity contribution in [2.24, 2.45) is 0 Å². The van der Waals surface area contributed by atoms with Gasteiger partial charge in [-0.2, -0.15) is 0 Å². The molecule has 3 saturated carbocycles. The van der Waals surface area contributed by atoms with Crippen LogP contribution in [0.25, 0.3) is 10.8 Å². The minimum atomic E-state index is -1.15. The number of carboxylic acids is 1. The Morgan fingerprint density at radius 3 is 1.53 bits per heavy atom. The van der Waals surface area contributed by atoms with Crippen LogP contribution >= 0.6 is 0 Å². The van der Waals surface area contributed by atoms with Gasteiger partial charge >= 0.3 is 134 Å². The minimum Gasteiger partial charge on any atom is -0.478 e. The molecule has 173 valence electrons. The van der Waals surface area contributed by atoms with E-state index in [9.17, 15) is 4.79 Å². The molecule has 32 heavy (non-hydrogen) atoms. The molecule has 3 heteroatoms. The van der Waals surface area contributed by atoms with Crippen LogP contribution < -0.4 is 0 Å². The monoisotopic (exact) mass is 541 g/mol. The first-order chi connectivity index (χ1) is 15.7. The van der Waals surface area contributed by atoms with Gasteiger partial charge in [0, 0.05) is 0 Å². The predicted molar refractivity (Wildman–Crippen MR) is 137 cm³/mol. The zero-order valence-electron chi connectivity index (χ0n) is 19.7. The molecule has 0 amide bonds. The molecule has 1 radical (unpaired) electrons. The average molecular weight is 540 g/mol. The van der Waals surface area contributed by atoms with Crippen molar-refractivity contribution in [3.63, 3.8) is 0 Å². The fourth-order valence-electron chi connectivity index (χ4n) is 6.72. The first kappa shape index (κ1) is 24.1. The van der Waals surface area contributed by atoms with Crippen molar-refractivity contribution >= 4 is 36.5 Å². The maximum absolute atomic E-state index is 10.8. The van der Waals surface area contributed by atoms with Crippen LogP contribution in [0.4, 0.5) is 0 Å². The molecular weight excluding hydrogens is 499 g/mol. The third kappa shape index (κ3) is 6.30. The van der Waals surface area contributed by atoms with Gasteiger partial charge in [-0.15, -0.1) is 0 Å². The summed E-state index contributed by atoms with van der Waals surface area (Å²) in [7, 11) is 0. The van der Waals surface area contributed by atoms with E-state index in [-0.39, 0.29) is 0 Å². The summed E-state index contributed by atoms with van der Waals surface area (Å²) in [6.45, 7) is 0. The van der Waals surface area contributed by atoms with Crippen molar-refractivity contribution in [3.05, 3.63) is 48.0 Å². The summed E-state index contributed by atoms with van der Waals surface area (Å²) < 4.78 is 3.96. The van der Waals surface area contributed by atoms with Crippen LogP contribution in [0.3, 0.4) is 0 Å². The van der Waals surface area contributed by atoms with Crippen molar-refractivity contribution in [3.8, 4) is 0 Å². The Kier molecular flexibility index (Phi) is 9.37. The van der Waals surface area contributed by atoms with E-state index >= 15 is 0 Å². The van der Waals surface area contributed by atoms with Crippen LogP contribution in [0.1, 0.15) is 107 Å². The Balaban J connectivity index is 0.000000165. The van der Waals surface area contributed by atoms with Crippen molar-refractivity contribution in [2.45, 2.75) is 108 Å². The molecule has 5 rings (SSSR count). The normalized spacial score (nSPS) is 21.3. The van der Waals surface area contributed by atoms with Crippen LogP contribution in [-0.4, -0.2) is 30.8 Å². The molecule has 0 unspecified atom stereocenters. The summed E-state index contributed by atoms with van der Waals surface area (Å²) in [6, 6.07) is 12.7. The van der Waals surface area contributed by atoms with E-state index in [4.69, 9.17) is 5.11 Å². The second-order valence-corrected chi connectivity index (χ2v) is 20.2. The molecule has 2 aromatic carbocycles. The number of fused-ring (bicyclic) bond motifs is 1. The quantitative estimate of drug-likeness (QED) is 0.393. The van der Waals surface area contributed by atoms with E-state index in [1.54, 1.807) is 108 Å². The molecule has 2 nitrogen and oxygen atoms in total. The summed E-state index contributed by atoms with van der Waals surface area (Å²) in [6.07, 6.45) is 24.2. The molecular formula is C29H41O2Sn. The molecule has 3 fully saturated rings. The van der Waals surface area contributed by atoms with Crippen LogP contribution in [-0.2, 0) is 0 Å². The largest absolute Gasteiger partial charge is 0.478 e. The minimum absolute atomic E-state index is 0.359. The van der Waals surface area contributed by atoms with Gasteiger partial charge < -0.3 is 5.11 Å². The van der Waals surface area contributed by atoms with Gasteiger partial charge in [0.1, 0.15) is 0 Å². The molecule has 0 atom stereocenters. The standard InChI is InChI=1S/C11H8O2.3C6H11.Sn/c12-11(13)10-7-3-5-8-4-1-2-6-9(8)10;3*1-2-4-6-5-3-1;/h1-7H,(H,12,13);3*1H,2-6H2;. The first-order valence-electron chi connectivity index (χ1n) is 13.3. The van der Waals surface area contributed by atoms with Gasteiger partial charge in [-0.3, -0.25) is 0 Å². The number of carbonyl (C=O) groups is 1. The summed E-state index contributed by atoms with van der Waals surface area (Å²) in [5.41, 5.74) is 0.359. The molecule has 0 saturated heterocycles. The zero-order valence-corrected chi connectivity index (χ0v) is 22.6. The Morgan fingerprint density at radius 1 is 0.625 bits per heavy atom. The van der Waals surface area contributed by atoms with Gasteiger partial charge in [-0.1, -0.05) is 36.4 Å². The number of benzene rings is 2. The van der Waals surface area contributed by atoms with Crippen LogP contribution in [0.15, 0.2) is 42.5 Å². The number of hydrogen-bond donors (Lipinski definition) is 1. The van der Waals surface area contributed by atoms with Crippen LogP contribution in [0, 0.1) is 0 Å². The van der Waals surface area contributed by atoms with Gasteiger partial charge in [0.2, 0.25) is 0 Å². The van der Waals surface area contributed by atoms with E-state index < -0.39 is 25.7 Å². The van der Waals surface area contributed by atoms with Gasteiger partial charge in [0.05, 0.1) is 5.56 Å². The van der Waals surface area contributed by atoms with Gasteiger partial charge in [0.15, 0.2) is 0 Å². The van der Waals surface area contributed by atoms with E-state index in [2.05, 4.69) is 0 Å². The third-order valence-corrected chi connectivity index (χ3v) is 21.3. The Hall–Kier alpha value is -1.03. The third-order valence-electron chi connectivity index (χ3n) is 8.25. The van der Waals surface area contributed by atoms with Gasteiger partial charge in [-0.25, -0.2) is 4.79 Å². The van der Waals surface area contributed by atoms with Crippen molar-refractivity contribution in [2.75, 3.05) is 0 Å². The molecule has 0 aliphatic heterocycles. The second kappa shape index (κ2) is 12.4. The van der Waals surface area contributed by atoms with E-state index in [0.29, 0.717) is 5.56 Å². The maximum atomic E-state index is 10.8. The van der Waals surface area contributed by atoms with Crippen molar-refractivity contribution in [1.29, 1.82) is 0 Å². The van der Waals surface area contributed by atoms with E-state index in [0.717, 1.165) is 10.8 Å². The summed E-state index contributed by atoms with van der Waals surface area (Å²) in [5, 5.41) is 10.6. The van der Waals surface area contributed by atoms with Gasteiger partial charge in [0.25, 0.3) is 0 Å². The molecule has 0 spiro atoms. The fraction of sp³-hybridized carbons (Fsp3) is 0.621. The molecule has 2 aromatic rings. The Morgan fingerprint density at radius 2 is 1.06 bits per heavy atom. The Bertz CT molecular complexity index is 797. The second-order valence-electron chi connectivity index (χ2n) is 10.3. The number of aromatic carboxylic acids is 1. The van der Waals surface area contributed by atoms with Crippen molar-refractivity contribution in [1.82, 2.24) is 0 Å². The summed E-state index contributed by atoms with van der Waals surface area (Å²) in [4.78, 5) is 10.8. The van der Waals surface area contributed by atoms with Crippen molar-refractivity contribution < 1.29 is 9.90 Å². The molecule has 0 heterocycles. The summed E-state index contributed by atoms with van der Waals surface area (Å²) in [5.74, 6) is -0.878. The van der Waals surface area contributed by atoms with E-state index in [1.165, 1.54) is 11.8 Å².